The Balaban J connectivity index is 1.24. The maximum Gasteiger partial charge on any atom is 0.254 e. The number of amides is 2. The molecule has 8 heteroatoms. The first-order valence-corrected chi connectivity index (χ1v) is 11.9. The van der Waals surface area contributed by atoms with Crippen molar-refractivity contribution >= 4 is 22.8 Å². The first kappa shape index (κ1) is 22.5. The predicted molar refractivity (Wildman–Crippen MR) is 128 cm³/mol. The lowest BCUT2D eigenvalue weighted by Gasteiger charge is -2.34. The molecular formula is C26H30FN5O2. The number of aromatic nitrogens is 2. The average Bonchev–Trinajstić information content (AvgIpc) is 3.49. The van der Waals surface area contributed by atoms with Crippen molar-refractivity contribution in [1.82, 2.24) is 24.3 Å². The summed E-state index contributed by atoms with van der Waals surface area (Å²) in [6, 6.07) is 10.4. The van der Waals surface area contributed by atoms with Crippen LogP contribution in [0.1, 0.15) is 44.9 Å². The number of piperazine rings is 1. The van der Waals surface area contributed by atoms with Crippen molar-refractivity contribution < 1.29 is 14.0 Å². The van der Waals surface area contributed by atoms with E-state index in [1.165, 1.54) is 6.07 Å². The van der Waals surface area contributed by atoms with E-state index in [-0.39, 0.29) is 17.6 Å². The minimum Gasteiger partial charge on any atom is -0.339 e. The number of halogens is 1. The molecule has 3 heterocycles. The summed E-state index contributed by atoms with van der Waals surface area (Å²) in [5.41, 5.74) is 3.46. The van der Waals surface area contributed by atoms with Crippen LogP contribution in [0.2, 0.25) is 0 Å². The topological polar surface area (TPSA) is 61.7 Å². The van der Waals surface area contributed by atoms with E-state index in [0.717, 1.165) is 55.9 Å². The molecule has 0 unspecified atom stereocenters. The summed E-state index contributed by atoms with van der Waals surface area (Å²) in [5, 5.41) is 0. The fourth-order valence-electron chi connectivity index (χ4n) is 4.84. The van der Waals surface area contributed by atoms with Gasteiger partial charge < -0.3 is 14.4 Å². The first-order chi connectivity index (χ1) is 16.4. The van der Waals surface area contributed by atoms with E-state index in [4.69, 9.17) is 4.98 Å². The molecule has 3 aromatic rings. The molecule has 0 spiro atoms. The van der Waals surface area contributed by atoms with Crippen LogP contribution >= 0.6 is 0 Å². The molecule has 0 aliphatic carbocycles. The van der Waals surface area contributed by atoms with Gasteiger partial charge in [-0.15, -0.1) is 0 Å². The van der Waals surface area contributed by atoms with Crippen LogP contribution in [-0.4, -0.2) is 75.3 Å². The zero-order chi connectivity index (χ0) is 23.8. The summed E-state index contributed by atoms with van der Waals surface area (Å²) in [6.45, 7) is 6.65. The van der Waals surface area contributed by atoms with Gasteiger partial charge in [-0.2, -0.15) is 0 Å². The minimum absolute atomic E-state index is 0.0841. The Hall–Kier alpha value is -3.26. The van der Waals surface area contributed by atoms with Gasteiger partial charge in [-0.1, -0.05) is 6.07 Å². The number of rotatable bonds is 4. The number of fused-ring (bicyclic) bond motifs is 1. The van der Waals surface area contributed by atoms with E-state index in [2.05, 4.69) is 9.47 Å². The van der Waals surface area contributed by atoms with Crippen LogP contribution in [-0.2, 0) is 13.6 Å². The molecular weight excluding hydrogens is 433 g/mol. The van der Waals surface area contributed by atoms with E-state index in [1.54, 1.807) is 24.0 Å². The highest BCUT2D eigenvalue weighted by molar-refractivity contribution is 5.97. The Labute approximate surface area is 198 Å². The fraction of sp³-hybridized carbons (Fsp3) is 0.423. The molecule has 0 radical (unpaired) electrons. The third kappa shape index (κ3) is 4.30. The van der Waals surface area contributed by atoms with E-state index in [1.807, 2.05) is 30.1 Å². The lowest BCUT2D eigenvalue weighted by molar-refractivity contribution is 0.0623. The van der Waals surface area contributed by atoms with Gasteiger partial charge in [0.25, 0.3) is 11.8 Å². The van der Waals surface area contributed by atoms with Crippen LogP contribution in [0.25, 0.3) is 11.0 Å². The number of carbonyl (C=O) groups is 2. The largest absolute Gasteiger partial charge is 0.339 e. The number of hydrogen-bond donors (Lipinski definition) is 0. The van der Waals surface area contributed by atoms with Gasteiger partial charge in [-0.3, -0.25) is 14.5 Å². The van der Waals surface area contributed by atoms with E-state index < -0.39 is 0 Å². The Morgan fingerprint density at radius 2 is 1.50 bits per heavy atom. The second-order valence-electron chi connectivity index (χ2n) is 9.32. The Kier molecular flexibility index (Phi) is 6.08. The van der Waals surface area contributed by atoms with Crippen molar-refractivity contribution in [3.63, 3.8) is 0 Å². The summed E-state index contributed by atoms with van der Waals surface area (Å²) < 4.78 is 16.0. The molecule has 0 atom stereocenters. The predicted octanol–water partition coefficient (Wildman–Crippen LogP) is 3.21. The molecule has 2 saturated heterocycles. The highest BCUT2D eigenvalue weighted by atomic mass is 19.1. The van der Waals surface area contributed by atoms with E-state index in [0.29, 0.717) is 36.3 Å². The third-order valence-electron chi connectivity index (χ3n) is 7.06. The lowest BCUT2D eigenvalue weighted by atomic mass is 10.1. The molecule has 0 bridgehead atoms. The lowest BCUT2D eigenvalue weighted by Crippen LogP contribution is -2.48. The van der Waals surface area contributed by atoms with Crippen molar-refractivity contribution in [2.45, 2.75) is 26.3 Å². The number of benzene rings is 2. The number of likely N-dealkylation sites (tertiary alicyclic amines) is 1. The van der Waals surface area contributed by atoms with Gasteiger partial charge >= 0.3 is 0 Å². The van der Waals surface area contributed by atoms with Crippen LogP contribution < -0.4 is 0 Å². The minimum atomic E-state index is -0.350. The number of aryl methyl sites for hydroxylation is 2. The molecule has 34 heavy (non-hydrogen) atoms. The zero-order valence-corrected chi connectivity index (χ0v) is 19.8. The van der Waals surface area contributed by atoms with Crippen LogP contribution in [0.5, 0.6) is 0 Å². The van der Waals surface area contributed by atoms with Crippen molar-refractivity contribution in [3.05, 3.63) is 64.7 Å². The fourth-order valence-corrected chi connectivity index (χ4v) is 4.84. The van der Waals surface area contributed by atoms with Crippen LogP contribution in [0.4, 0.5) is 4.39 Å². The highest BCUT2D eigenvalue weighted by Gasteiger charge is 2.24. The standard InChI is InChI=1S/C26H30FN5O2/c1-18-5-6-19(15-21(18)27)25(33)32-13-11-30(12-14-32)17-24-28-22-16-20(7-8-23(22)29(24)2)26(34)31-9-3-4-10-31/h5-8,15-16H,3-4,9-14,17H2,1-2H3. The number of imidazole rings is 1. The quantitative estimate of drug-likeness (QED) is 0.596. The van der Waals surface area contributed by atoms with Crippen molar-refractivity contribution in [2.75, 3.05) is 39.3 Å². The molecule has 0 saturated carbocycles. The van der Waals surface area contributed by atoms with Crippen LogP contribution in [0.3, 0.4) is 0 Å². The summed E-state index contributed by atoms with van der Waals surface area (Å²) >= 11 is 0. The second kappa shape index (κ2) is 9.18. The molecule has 2 aliphatic heterocycles. The maximum atomic E-state index is 13.9. The number of hydrogen-bond acceptors (Lipinski definition) is 4. The van der Waals surface area contributed by atoms with Gasteiger partial charge in [0.15, 0.2) is 0 Å². The van der Waals surface area contributed by atoms with Gasteiger partial charge in [0.05, 0.1) is 17.6 Å². The zero-order valence-electron chi connectivity index (χ0n) is 19.8. The van der Waals surface area contributed by atoms with Crippen LogP contribution in [0.15, 0.2) is 36.4 Å². The van der Waals surface area contributed by atoms with Crippen molar-refractivity contribution in [2.24, 2.45) is 7.05 Å². The molecule has 7 nitrogen and oxygen atoms in total. The highest BCUT2D eigenvalue weighted by Crippen LogP contribution is 2.21. The van der Waals surface area contributed by atoms with Gasteiger partial charge in [0, 0.05) is 57.4 Å². The molecule has 2 fully saturated rings. The van der Waals surface area contributed by atoms with Gasteiger partial charge in [0.2, 0.25) is 0 Å². The van der Waals surface area contributed by atoms with Gasteiger partial charge in [0.1, 0.15) is 11.6 Å². The van der Waals surface area contributed by atoms with Crippen LogP contribution in [0, 0.1) is 12.7 Å². The third-order valence-corrected chi connectivity index (χ3v) is 7.06. The summed E-state index contributed by atoms with van der Waals surface area (Å²) in [7, 11) is 2.00. The number of carbonyl (C=O) groups excluding carboxylic acids is 2. The first-order valence-electron chi connectivity index (χ1n) is 11.9. The normalized spacial score (nSPS) is 17.0. The monoisotopic (exact) mass is 463 g/mol. The Morgan fingerprint density at radius 1 is 0.882 bits per heavy atom. The molecule has 0 N–H and O–H groups in total. The molecule has 2 amide bonds. The van der Waals surface area contributed by atoms with E-state index in [9.17, 15) is 14.0 Å². The molecule has 5 rings (SSSR count). The molecule has 2 aromatic carbocycles. The Morgan fingerprint density at radius 3 is 2.18 bits per heavy atom. The maximum absolute atomic E-state index is 13.9. The SMILES string of the molecule is Cc1ccc(C(=O)N2CCN(Cc3nc4cc(C(=O)N5CCCC5)ccc4n3C)CC2)cc1F. The smallest absolute Gasteiger partial charge is 0.254 e. The molecule has 2 aliphatic rings. The van der Waals surface area contributed by atoms with Gasteiger partial charge in [-0.05, 0) is 55.7 Å². The van der Waals surface area contributed by atoms with Gasteiger partial charge in [-0.25, -0.2) is 9.37 Å². The summed E-state index contributed by atoms with van der Waals surface area (Å²) in [5.74, 6) is 0.537. The molecule has 1 aromatic heterocycles. The summed E-state index contributed by atoms with van der Waals surface area (Å²) in [4.78, 5) is 36.3. The molecule has 178 valence electrons. The van der Waals surface area contributed by atoms with E-state index >= 15 is 0 Å². The second-order valence-corrected chi connectivity index (χ2v) is 9.32. The number of nitrogens with zero attached hydrogens (tertiary/aromatic N) is 5. The average molecular weight is 464 g/mol. The van der Waals surface area contributed by atoms with Crippen molar-refractivity contribution in [3.8, 4) is 0 Å². The summed E-state index contributed by atoms with van der Waals surface area (Å²) in [6.07, 6.45) is 2.14. The van der Waals surface area contributed by atoms with Crippen molar-refractivity contribution in [1.29, 1.82) is 0 Å². The Bertz CT molecular complexity index is 1240.